The molecule has 1 heterocycles. The molecule has 1 aromatic heterocycles. The summed E-state index contributed by atoms with van der Waals surface area (Å²) in [5.74, 6) is 6.67. The quantitative estimate of drug-likeness (QED) is 0.594. The molecule has 1 atom stereocenters. The zero-order valence-corrected chi connectivity index (χ0v) is 15.5. The number of benzene rings is 1. The van der Waals surface area contributed by atoms with E-state index in [4.69, 9.17) is 5.84 Å². The van der Waals surface area contributed by atoms with Crippen LogP contribution in [-0.2, 0) is 17.6 Å². The molecule has 0 spiro atoms. The highest BCUT2D eigenvalue weighted by atomic mass is 32.2. The van der Waals surface area contributed by atoms with Gasteiger partial charge in [0.15, 0.2) is 5.82 Å². The average Bonchev–Trinajstić information content (AvgIpc) is 2.90. The fraction of sp³-hybridized carbons (Fsp3) is 0.471. The SMILES string of the molecule is CCCc1nnc(S[C@H](C)C(=O)Nc2c(C)cccc2CC)n1N. The first kappa shape index (κ1) is 18.3. The van der Waals surface area contributed by atoms with Gasteiger partial charge in [-0.25, -0.2) is 4.68 Å². The van der Waals surface area contributed by atoms with E-state index in [9.17, 15) is 4.79 Å². The molecule has 0 aliphatic heterocycles. The van der Waals surface area contributed by atoms with Crippen molar-refractivity contribution in [2.75, 3.05) is 11.2 Å². The Balaban J connectivity index is 2.08. The van der Waals surface area contributed by atoms with Gasteiger partial charge in [-0.2, -0.15) is 0 Å². The van der Waals surface area contributed by atoms with E-state index in [2.05, 4.69) is 29.4 Å². The number of hydrogen-bond acceptors (Lipinski definition) is 5. The predicted octanol–water partition coefficient (Wildman–Crippen LogP) is 2.93. The molecule has 130 valence electrons. The Morgan fingerprint density at radius 1 is 1.38 bits per heavy atom. The number of rotatable bonds is 7. The first-order chi connectivity index (χ1) is 11.5. The first-order valence-electron chi connectivity index (χ1n) is 8.23. The van der Waals surface area contributed by atoms with Crippen molar-refractivity contribution in [2.24, 2.45) is 0 Å². The lowest BCUT2D eigenvalue weighted by Gasteiger charge is -2.16. The maximum atomic E-state index is 12.6. The average molecular weight is 347 g/mol. The number of thioether (sulfide) groups is 1. The highest BCUT2D eigenvalue weighted by Crippen LogP contribution is 2.25. The van der Waals surface area contributed by atoms with Gasteiger partial charge in [0, 0.05) is 12.1 Å². The Morgan fingerprint density at radius 2 is 2.12 bits per heavy atom. The van der Waals surface area contributed by atoms with Crippen LogP contribution in [0.25, 0.3) is 0 Å². The highest BCUT2D eigenvalue weighted by molar-refractivity contribution is 8.00. The topological polar surface area (TPSA) is 85.8 Å². The van der Waals surface area contributed by atoms with Crippen LogP contribution in [0.4, 0.5) is 5.69 Å². The molecule has 1 aromatic carbocycles. The second kappa shape index (κ2) is 8.19. The number of hydrogen-bond donors (Lipinski definition) is 2. The second-order valence-corrected chi connectivity index (χ2v) is 7.04. The van der Waals surface area contributed by atoms with Gasteiger partial charge in [-0.1, -0.05) is 43.8 Å². The Bertz CT molecular complexity index is 713. The molecule has 7 heteroatoms. The number of nitrogens with one attached hydrogen (secondary N) is 1. The van der Waals surface area contributed by atoms with Gasteiger partial charge >= 0.3 is 0 Å². The summed E-state index contributed by atoms with van der Waals surface area (Å²) in [6, 6.07) is 6.04. The standard InChI is InChI=1S/C17H25N5OS/c1-5-8-14-20-21-17(22(14)18)24-12(4)16(23)19-15-11(3)9-7-10-13(15)6-2/h7,9-10,12H,5-6,8,18H2,1-4H3,(H,19,23)/t12-/m1/s1. The largest absolute Gasteiger partial charge is 0.336 e. The van der Waals surface area contributed by atoms with Crippen LogP contribution >= 0.6 is 11.8 Å². The van der Waals surface area contributed by atoms with E-state index in [1.807, 2.05) is 32.0 Å². The summed E-state index contributed by atoms with van der Waals surface area (Å²) in [5, 5.41) is 11.4. The van der Waals surface area contributed by atoms with E-state index in [0.717, 1.165) is 41.9 Å². The fourth-order valence-electron chi connectivity index (χ4n) is 2.42. The van der Waals surface area contributed by atoms with Gasteiger partial charge in [-0.15, -0.1) is 10.2 Å². The van der Waals surface area contributed by atoms with Crippen LogP contribution in [0.15, 0.2) is 23.4 Å². The summed E-state index contributed by atoms with van der Waals surface area (Å²) >= 11 is 1.32. The molecular weight excluding hydrogens is 322 g/mol. The first-order valence-corrected chi connectivity index (χ1v) is 9.11. The summed E-state index contributed by atoms with van der Waals surface area (Å²) in [5.41, 5.74) is 3.10. The Hall–Kier alpha value is -2.02. The Morgan fingerprint density at radius 3 is 2.79 bits per heavy atom. The van der Waals surface area contributed by atoms with Gasteiger partial charge in [0.1, 0.15) is 0 Å². The van der Waals surface area contributed by atoms with Crippen molar-refractivity contribution in [3.63, 3.8) is 0 Å². The number of para-hydroxylation sites is 1. The number of nitrogens with zero attached hydrogens (tertiary/aromatic N) is 3. The molecule has 0 aliphatic rings. The van der Waals surface area contributed by atoms with Gasteiger partial charge in [-0.05, 0) is 37.8 Å². The molecular formula is C17H25N5OS. The van der Waals surface area contributed by atoms with Crippen LogP contribution in [0.3, 0.4) is 0 Å². The molecule has 0 radical (unpaired) electrons. The van der Waals surface area contributed by atoms with Crippen LogP contribution in [0.2, 0.25) is 0 Å². The molecule has 3 N–H and O–H groups in total. The number of nitrogen functional groups attached to an aromatic ring is 1. The summed E-state index contributed by atoms with van der Waals surface area (Å²) in [6.45, 7) is 7.98. The minimum atomic E-state index is -0.324. The molecule has 24 heavy (non-hydrogen) atoms. The van der Waals surface area contributed by atoms with Gasteiger partial charge in [-0.3, -0.25) is 4.79 Å². The van der Waals surface area contributed by atoms with E-state index in [1.54, 1.807) is 0 Å². The van der Waals surface area contributed by atoms with Crippen molar-refractivity contribution in [2.45, 2.75) is 57.4 Å². The zero-order valence-electron chi connectivity index (χ0n) is 14.7. The third-order valence-electron chi connectivity index (χ3n) is 3.85. The molecule has 0 saturated heterocycles. The Kier molecular flexibility index (Phi) is 6.25. The number of nitrogens with two attached hydrogens (primary N) is 1. The van der Waals surface area contributed by atoms with Crippen LogP contribution in [0.1, 0.15) is 44.1 Å². The minimum Gasteiger partial charge on any atom is -0.336 e. The molecule has 6 nitrogen and oxygen atoms in total. The van der Waals surface area contributed by atoms with Crippen LogP contribution < -0.4 is 11.2 Å². The van der Waals surface area contributed by atoms with E-state index >= 15 is 0 Å². The normalized spacial score (nSPS) is 12.2. The molecule has 0 saturated carbocycles. The minimum absolute atomic E-state index is 0.0657. The van der Waals surface area contributed by atoms with Gasteiger partial charge in [0.2, 0.25) is 11.1 Å². The van der Waals surface area contributed by atoms with Crippen molar-refractivity contribution >= 4 is 23.4 Å². The van der Waals surface area contributed by atoms with E-state index in [-0.39, 0.29) is 11.2 Å². The van der Waals surface area contributed by atoms with Crippen molar-refractivity contribution < 1.29 is 4.79 Å². The lowest BCUT2D eigenvalue weighted by molar-refractivity contribution is -0.115. The third kappa shape index (κ3) is 4.08. The van der Waals surface area contributed by atoms with Crippen LogP contribution in [-0.4, -0.2) is 26.0 Å². The van der Waals surface area contributed by atoms with Crippen molar-refractivity contribution in [1.82, 2.24) is 14.9 Å². The number of carbonyl (C=O) groups is 1. The van der Waals surface area contributed by atoms with E-state index in [1.165, 1.54) is 16.4 Å². The maximum Gasteiger partial charge on any atom is 0.237 e. The van der Waals surface area contributed by atoms with Crippen molar-refractivity contribution in [3.05, 3.63) is 35.2 Å². The molecule has 0 bridgehead atoms. The number of amides is 1. The lowest BCUT2D eigenvalue weighted by atomic mass is 10.1. The van der Waals surface area contributed by atoms with Crippen LogP contribution in [0, 0.1) is 6.92 Å². The number of aryl methyl sites for hydroxylation is 3. The van der Waals surface area contributed by atoms with Crippen LogP contribution in [0.5, 0.6) is 0 Å². The summed E-state index contributed by atoms with van der Waals surface area (Å²) in [7, 11) is 0. The molecule has 0 aliphatic carbocycles. The lowest BCUT2D eigenvalue weighted by Crippen LogP contribution is -2.25. The van der Waals surface area contributed by atoms with Gasteiger partial charge < -0.3 is 11.2 Å². The monoisotopic (exact) mass is 347 g/mol. The third-order valence-corrected chi connectivity index (χ3v) is 4.91. The number of aromatic nitrogens is 3. The molecule has 0 fully saturated rings. The molecule has 2 rings (SSSR count). The highest BCUT2D eigenvalue weighted by Gasteiger charge is 2.20. The summed E-state index contributed by atoms with van der Waals surface area (Å²) in [6.07, 6.45) is 2.59. The molecule has 1 amide bonds. The van der Waals surface area contributed by atoms with Crippen molar-refractivity contribution in [3.8, 4) is 0 Å². The summed E-state index contributed by atoms with van der Waals surface area (Å²) in [4.78, 5) is 12.6. The smallest absolute Gasteiger partial charge is 0.237 e. The van der Waals surface area contributed by atoms with Gasteiger partial charge in [0.25, 0.3) is 0 Å². The predicted molar refractivity (Wildman–Crippen MR) is 98.7 cm³/mol. The van der Waals surface area contributed by atoms with Gasteiger partial charge in [0.05, 0.1) is 5.25 Å². The number of carbonyl (C=O) groups excluding carboxylic acids is 1. The Labute approximate surface area is 147 Å². The molecule has 0 unspecified atom stereocenters. The van der Waals surface area contributed by atoms with Crippen molar-refractivity contribution in [1.29, 1.82) is 0 Å². The second-order valence-electron chi connectivity index (χ2n) is 5.73. The fourth-order valence-corrected chi connectivity index (χ4v) is 3.21. The number of anilines is 1. The zero-order chi connectivity index (χ0) is 17.7. The van der Waals surface area contributed by atoms with E-state index < -0.39 is 0 Å². The summed E-state index contributed by atoms with van der Waals surface area (Å²) < 4.78 is 1.48. The molecule has 2 aromatic rings. The maximum absolute atomic E-state index is 12.6. The van der Waals surface area contributed by atoms with E-state index in [0.29, 0.717) is 5.16 Å².